The molecule has 0 aliphatic rings. The summed E-state index contributed by atoms with van der Waals surface area (Å²) in [6.07, 6.45) is 1.60. The Balaban J connectivity index is 2.48. The maximum atomic E-state index is 10.6. The lowest BCUT2D eigenvalue weighted by molar-refractivity contribution is -0.137. The van der Waals surface area contributed by atoms with E-state index in [1.54, 1.807) is 12.3 Å². The Hall–Kier alpha value is -1.52. The van der Waals surface area contributed by atoms with Crippen molar-refractivity contribution < 1.29 is 9.90 Å². The van der Waals surface area contributed by atoms with E-state index in [4.69, 9.17) is 22.4 Å². The number of benzene rings is 1. The second-order valence-corrected chi connectivity index (χ2v) is 4.02. The Labute approximate surface area is 97.0 Å². The first-order chi connectivity index (χ1) is 7.59. The fourth-order valence-corrected chi connectivity index (χ4v) is 2.04. The third kappa shape index (κ3) is 1.89. The summed E-state index contributed by atoms with van der Waals surface area (Å²) in [7, 11) is 0. The fourth-order valence-electron chi connectivity index (χ4n) is 1.76. The van der Waals surface area contributed by atoms with E-state index in [-0.39, 0.29) is 6.42 Å². The number of H-pyrrole nitrogens is 1. The molecule has 0 spiro atoms. The highest BCUT2D eigenvalue weighted by molar-refractivity contribution is 6.35. The topological polar surface area (TPSA) is 79.1 Å². The second-order valence-electron chi connectivity index (χ2n) is 3.61. The molecule has 0 amide bonds. The van der Waals surface area contributed by atoms with E-state index in [1.165, 1.54) is 0 Å². The van der Waals surface area contributed by atoms with Gasteiger partial charge in [-0.25, -0.2) is 0 Å². The average molecular weight is 239 g/mol. The molecule has 0 aliphatic heterocycles. The van der Waals surface area contributed by atoms with Crippen LogP contribution in [0.2, 0.25) is 5.02 Å². The summed E-state index contributed by atoms with van der Waals surface area (Å²) in [4.78, 5) is 13.6. The first-order valence-corrected chi connectivity index (χ1v) is 5.20. The molecule has 4 N–H and O–H groups in total. The van der Waals surface area contributed by atoms with Crippen LogP contribution in [0.3, 0.4) is 0 Å². The summed E-state index contributed by atoms with van der Waals surface area (Å²) in [5.41, 5.74) is 7.42. The van der Waals surface area contributed by atoms with Gasteiger partial charge in [-0.3, -0.25) is 4.79 Å². The number of nitrogens with two attached hydrogens (primary N) is 1. The quantitative estimate of drug-likeness (QED) is 0.768. The van der Waals surface area contributed by atoms with Gasteiger partial charge < -0.3 is 15.8 Å². The number of fused-ring (bicyclic) bond motifs is 1. The van der Waals surface area contributed by atoms with Crippen molar-refractivity contribution in [1.29, 1.82) is 0 Å². The summed E-state index contributed by atoms with van der Waals surface area (Å²) in [5.74, 6) is -0.922. The van der Waals surface area contributed by atoms with Crippen LogP contribution in [0.25, 0.3) is 10.9 Å². The summed E-state index contributed by atoms with van der Waals surface area (Å²) < 4.78 is 0. The monoisotopic (exact) mass is 238 g/mol. The molecule has 84 valence electrons. The molecular formula is C11H11ClN2O2. The molecule has 16 heavy (non-hydrogen) atoms. The highest BCUT2D eigenvalue weighted by Gasteiger charge is 2.16. The number of aliphatic carboxylic acids is 1. The van der Waals surface area contributed by atoms with E-state index in [2.05, 4.69) is 4.98 Å². The number of carbonyl (C=O) groups is 1. The molecule has 2 aromatic rings. The molecule has 0 bridgehead atoms. The van der Waals surface area contributed by atoms with Gasteiger partial charge in [0.2, 0.25) is 0 Å². The van der Waals surface area contributed by atoms with Gasteiger partial charge in [-0.2, -0.15) is 0 Å². The molecule has 1 atom stereocenters. The minimum Gasteiger partial charge on any atom is -0.481 e. The molecule has 1 aromatic carbocycles. The number of aromatic amines is 1. The second kappa shape index (κ2) is 4.15. The summed E-state index contributed by atoms with van der Waals surface area (Å²) >= 11 is 6.06. The lowest BCUT2D eigenvalue weighted by Crippen LogP contribution is -2.14. The normalized spacial score (nSPS) is 12.9. The Kier molecular flexibility index (Phi) is 2.85. The highest BCUT2D eigenvalue weighted by Crippen LogP contribution is 2.30. The largest absolute Gasteiger partial charge is 0.481 e. The minimum absolute atomic E-state index is 0.113. The van der Waals surface area contributed by atoms with Crippen molar-refractivity contribution in [3.05, 3.63) is 35.0 Å². The number of hydrogen-bond acceptors (Lipinski definition) is 2. The van der Waals surface area contributed by atoms with Crippen molar-refractivity contribution in [3.8, 4) is 0 Å². The first-order valence-electron chi connectivity index (χ1n) is 4.82. The number of nitrogens with one attached hydrogen (secondary N) is 1. The zero-order chi connectivity index (χ0) is 11.7. The van der Waals surface area contributed by atoms with Crippen LogP contribution in [0.15, 0.2) is 24.4 Å². The molecule has 0 unspecified atom stereocenters. The van der Waals surface area contributed by atoms with Gasteiger partial charge in [0.1, 0.15) is 0 Å². The Morgan fingerprint density at radius 3 is 3.00 bits per heavy atom. The molecule has 0 fully saturated rings. The van der Waals surface area contributed by atoms with Crippen LogP contribution >= 0.6 is 11.6 Å². The van der Waals surface area contributed by atoms with Gasteiger partial charge in [0.15, 0.2) is 0 Å². The Morgan fingerprint density at radius 2 is 2.31 bits per heavy atom. The molecule has 5 heteroatoms. The van der Waals surface area contributed by atoms with Gasteiger partial charge in [0.05, 0.1) is 11.4 Å². The molecule has 4 nitrogen and oxygen atoms in total. The number of aromatic nitrogens is 1. The van der Waals surface area contributed by atoms with Gasteiger partial charge in [0.25, 0.3) is 0 Å². The van der Waals surface area contributed by atoms with Crippen molar-refractivity contribution >= 4 is 28.5 Å². The highest BCUT2D eigenvalue weighted by atomic mass is 35.5. The van der Waals surface area contributed by atoms with Crippen LogP contribution in [0, 0.1) is 0 Å². The third-order valence-corrected chi connectivity index (χ3v) is 2.79. The zero-order valence-electron chi connectivity index (χ0n) is 8.40. The van der Waals surface area contributed by atoms with Crippen molar-refractivity contribution in [2.24, 2.45) is 5.73 Å². The molecule has 1 heterocycles. The first kappa shape index (κ1) is 11.0. The Bertz CT molecular complexity index is 536. The van der Waals surface area contributed by atoms with Gasteiger partial charge in [-0.05, 0) is 17.7 Å². The van der Waals surface area contributed by atoms with Crippen molar-refractivity contribution in [2.75, 3.05) is 0 Å². The van der Waals surface area contributed by atoms with Crippen molar-refractivity contribution in [2.45, 2.75) is 12.5 Å². The maximum absolute atomic E-state index is 10.6. The van der Waals surface area contributed by atoms with E-state index in [0.717, 1.165) is 16.5 Å². The molecule has 0 saturated carbocycles. The predicted octanol–water partition coefficient (Wildman–Crippen LogP) is 2.30. The fraction of sp³-hybridized carbons (Fsp3) is 0.182. The third-order valence-electron chi connectivity index (χ3n) is 2.48. The molecular weight excluding hydrogens is 228 g/mol. The van der Waals surface area contributed by atoms with Gasteiger partial charge in [-0.15, -0.1) is 0 Å². The average Bonchev–Trinajstić information content (AvgIpc) is 2.61. The number of rotatable bonds is 3. The van der Waals surface area contributed by atoms with E-state index >= 15 is 0 Å². The summed E-state index contributed by atoms with van der Waals surface area (Å²) in [6, 6.07) is 4.91. The van der Waals surface area contributed by atoms with Crippen LogP contribution in [-0.4, -0.2) is 16.1 Å². The van der Waals surface area contributed by atoms with E-state index in [1.807, 2.05) is 12.1 Å². The number of hydrogen-bond donors (Lipinski definition) is 3. The number of carboxylic acids is 1. The zero-order valence-corrected chi connectivity index (χ0v) is 9.16. The maximum Gasteiger partial charge on any atom is 0.305 e. The van der Waals surface area contributed by atoms with Gasteiger partial charge in [-0.1, -0.05) is 17.7 Å². The van der Waals surface area contributed by atoms with Crippen molar-refractivity contribution in [1.82, 2.24) is 4.98 Å². The molecule has 0 radical (unpaired) electrons. The SMILES string of the molecule is N[C@@H](CC(=O)O)c1c[nH]c2cccc(Cl)c12. The summed E-state index contributed by atoms with van der Waals surface area (Å²) in [5, 5.41) is 10.1. The standard InChI is InChI=1S/C11H11ClN2O2/c12-7-2-1-3-9-11(7)6(5-14-9)8(13)4-10(15)16/h1-3,5,8,14H,4,13H2,(H,15,16)/t8-/m0/s1. The van der Waals surface area contributed by atoms with Gasteiger partial charge in [0, 0.05) is 23.1 Å². The molecule has 0 aliphatic carbocycles. The lowest BCUT2D eigenvalue weighted by atomic mass is 10.0. The van der Waals surface area contributed by atoms with Crippen LogP contribution in [0.4, 0.5) is 0 Å². The van der Waals surface area contributed by atoms with Crippen molar-refractivity contribution in [3.63, 3.8) is 0 Å². The molecule has 0 saturated heterocycles. The van der Waals surface area contributed by atoms with Crippen LogP contribution < -0.4 is 5.73 Å². The van der Waals surface area contributed by atoms with E-state index < -0.39 is 12.0 Å². The van der Waals surface area contributed by atoms with Gasteiger partial charge >= 0.3 is 5.97 Å². The molecule has 1 aromatic heterocycles. The van der Waals surface area contributed by atoms with Crippen LogP contribution in [-0.2, 0) is 4.79 Å². The molecule has 2 rings (SSSR count). The van der Waals surface area contributed by atoms with E-state index in [9.17, 15) is 4.79 Å². The Morgan fingerprint density at radius 1 is 1.56 bits per heavy atom. The predicted molar refractivity (Wildman–Crippen MR) is 62.5 cm³/mol. The summed E-state index contributed by atoms with van der Waals surface area (Å²) in [6.45, 7) is 0. The number of carboxylic acid groups (broad SMARTS) is 1. The smallest absolute Gasteiger partial charge is 0.305 e. The van der Waals surface area contributed by atoms with Crippen LogP contribution in [0.5, 0.6) is 0 Å². The van der Waals surface area contributed by atoms with Crippen LogP contribution in [0.1, 0.15) is 18.0 Å². The minimum atomic E-state index is -0.922. The lowest BCUT2D eigenvalue weighted by Gasteiger charge is -2.08. The van der Waals surface area contributed by atoms with E-state index in [0.29, 0.717) is 5.02 Å². The number of halogens is 1.